The van der Waals surface area contributed by atoms with Gasteiger partial charge in [0.1, 0.15) is 6.10 Å². The van der Waals surface area contributed by atoms with Crippen molar-refractivity contribution < 1.29 is 18.7 Å². The van der Waals surface area contributed by atoms with Crippen LogP contribution in [0.3, 0.4) is 0 Å². The second-order valence-corrected chi connectivity index (χ2v) is 16.3. The maximum atomic E-state index is 12.6. The van der Waals surface area contributed by atoms with Gasteiger partial charge in [0.15, 0.2) is 8.32 Å². The highest BCUT2D eigenvalue weighted by Crippen LogP contribution is 2.60. The van der Waals surface area contributed by atoms with Crippen LogP contribution < -0.4 is 0 Å². The Morgan fingerprint density at radius 1 is 1.08 bits per heavy atom. The Bertz CT molecular complexity index is 574. The van der Waals surface area contributed by atoms with Gasteiger partial charge in [-0.25, -0.2) is 0 Å². The maximum Gasteiger partial charge on any atom is 0.311 e. The van der Waals surface area contributed by atoms with Gasteiger partial charge in [-0.15, -0.1) is 0 Å². The van der Waals surface area contributed by atoms with E-state index in [1.807, 2.05) is 20.8 Å². The first-order valence-corrected chi connectivity index (χ1v) is 13.1. The molecule has 2 aliphatic carbocycles. The topological polar surface area (TPSA) is 48.1 Å². The molecule has 5 heteroatoms. The van der Waals surface area contributed by atoms with E-state index in [0.29, 0.717) is 18.1 Å². The summed E-state index contributed by atoms with van der Waals surface area (Å²) in [5.74, 6) is 0.240. The molecule has 0 amide bonds. The summed E-state index contributed by atoms with van der Waals surface area (Å²) < 4.78 is 18.8. The van der Waals surface area contributed by atoms with Gasteiger partial charge in [0, 0.05) is 17.8 Å². The molecule has 0 spiro atoms. The number of epoxide rings is 1. The van der Waals surface area contributed by atoms with Crippen LogP contribution in [0.5, 0.6) is 0 Å². The van der Waals surface area contributed by atoms with Crippen molar-refractivity contribution in [3.8, 4) is 0 Å². The third-order valence-corrected chi connectivity index (χ3v) is 11.9. The molecule has 26 heavy (non-hydrogen) atoms. The molecule has 0 aromatic rings. The van der Waals surface area contributed by atoms with E-state index < -0.39 is 13.7 Å². The van der Waals surface area contributed by atoms with Gasteiger partial charge in [0.2, 0.25) is 0 Å². The van der Waals surface area contributed by atoms with Crippen LogP contribution in [0.15, 0.2) is 0 Å². The Labute approximate surface area is 160 Å². The van der Waals surface area contributed by atoms with Crippen LogP contribution >= 0.6 is 0 Å². The quantitative estimate of drug-likeness (QED) is 0.395. The van der Waals surface area contributed by atoms with E-state index >= 15 is 0 Å². The Balaban J connectivity index is 1.83. The first-order valence-electron chi connectivity index (χ1n) is 10.2. The van der Waals surface area contributed by atoms with Crippen LogP contribution in [0.4, 0.5) is 0 Å². The molecule has 0 N–H and O–H groups in total. The van der Waals surface area contributed by atoms with Crippen LogP contribution in [0.1, 0.15) is 67.7 Å². The predicted octanol–water partition coefficient (Wildman–Crippen LogP) is 4.92. The largest absolute Gasteiger partial charge is 0.462 e. The number of fused-ring (bicyclic) bond motifs is 2. The Morgan fingerprint density at radius 2 is 1.69 bits per heavy atom. The van der Waals surface area contributed by atoms with E-state index in [-0.39, 0.29) is 28.6 Å². The molecular formula is C21H38O4Si. The van der Waals surface area contributed by atoms with Crippen molar-refractivity contribution in [1.82, 2.24) is 0 Å². The average Bonchev–Trinajstić information content (AvgIpc) is 3.14. The molecular weight excluding hydrogens is 344 g/mol. The van der Waals surface area contributed by atoms with Crippen molar-refractivity contribution in [3.05, 3.63) is 0 Å². The lowest BCUT2D eigenvalue weighted by Gasteiger charge is -2.45. The van der Waals surface area contributed by atoms with Gasteiger partial charge in [-0.2, -0.15) is 0 Å². The molecule has 4 nitrogen and oxygen atoms in total. The molecule has 150 valence electrons. The predicted molar refractivity (Wildman–Crippen MR) is 106 cm³/mol. The van der Waals surface area contributed by atoms with Crippen LogP contribution in [0, 0.1) is 16.7 Å². The molecule has 0 aromatic carbocycles. The second-order valence-electron chi connectivity index (χ2n) is 11.6. The average molecular weight is 383 g/mol. The van der Waals surface area contributed by atoms with Gasteiger partial charge in [-0.1, -0.05) is 27.7 Å². The van der Waals surface area contributed by atoms with Gasteiger partial charge in [0.05, 0.1) is 23.7 Å². The van der Waals surface area contributed by atoms with Gasteiger partial charge >= 0.3 is 5.97 Å². The highest BCUT2D eigenvalue weighted by atomic mass is 28.4. The lowest BCUT2D eigenvalue weighted by Crippen LogP contribution is -2.49. The normalized spacial score (nSPS) is 40.0. The molecule has 3 aliphatic rings. The number of hydrogen-bond donors (Lipinski definition) is 0. The monoisotopic (exact) mass is 382 g/mol. The Hall–Kier alpha value is -0.393. The summed E-state index contributed by atoms with van der Waals surface area (Å²) in [6.45, 7) is 19.6. The molecule has 2 saturated carbocycles. The fraction of sp³-hybridized carbons (Fsp3) is 0.952. The van der Waals surface area contributed by atoms with E-state index in [2.05, 4.69) is 40.8 Å². The van der Waals surface area contributed by atoms with Crippen molar-refractivity contribution in [2.24, 2.45) is 16.7 Å². The lowest BCUT2D eigenvalue weighted by molar-refractivity contribution is -0.161. The zero-order valence-corrected chi connectivity index (χ0v) is 19.1. The molecule has 3 fully saturated rings. The van der Waals surface area contributed by atoms with E-state index in [1.54, 1.807) is 0 Å². The second kappa shape index (κ2) is 6.05. The zero-order chi connectivity index (χ0) is 19.7. The Morgan fingerprint density at radius 3 is 2.23 bits per heavy atom. The van der Waals surface area contributed by atoms with Gasteiger partial charge in [0.25, 0.3) is 0 Å². The minimum absolute atomic E-state index is 0.0377. The summed E-state index contributed by atoms with van der Waals surface area (Å²) in [5, 5.41) is 0.173. The molecule has 0 bridgehead atoms. The number of esters is 1. The summed E-state index contributed by atoms with van der Waals surface area (Å²) in [6.07, 6.45) is 3.72. The minimum Gasteiger partial charge on any atom is -0.462 e. The summed E-state index contributed by atoms with van der Waals surface area (Å²) >= 11 is 0. The summed E-state index contributed by atoms with van der Waals surface area (Å²) in [6, 6.07) is 0. The van der Waals surface area contributed by atoms with Gasteiger partial charge in [-0.3, -0.25) is 4.79 Å². The molecule has 1 saturated heterocycles. The molecule has 2 unspecified atom stereocenters. The van der Waals surface area contributed by atoms with E-state index in [0.717, 1.165) is 19.3 Å². The number of carbonyl (C=O) groups excluding carboxylic acids is 1. The van der Waals surface area contributed by atoms with Crippen molar-refractivity contribution >= 4 is 14.3 Å². The van der Waals surface area contributed by atoms with Crippen molar-refractivity contribution in [1.29, 1.82) is 0 Å². The molecule has 0 aromatic heterocycles. The fourth-order valence-electron chi connectivity index (χ4n) is 4.42. The maximum absolute atomic E-state index is 12.6. The third-order valence-electron chi connectivity index (χ3n) is 7.41. The van der Waals surface area contributed by atoms with Crippen molar-refractivity contribution in [2.75, 3.05) is 0 Å². The van der Waals surface area contributed by atoms with Gasteiger partial charge < -0.3 is 13.9 Å². The number of rotatable bonds is 3. The van der Waals surface area contributed by atoms with Crippen LogP contribution in [0.25, 0.3) is 0 Å². The molecule has 1 aliphatic heterocycles. The lowest BCUT2D eigenvalue weighted by atomic mass is 9.68. The van der Waals surface area contributed by atoms with Gasteiger partial charge in [-0.05, 0) is 51.7 Å². The molecule has 0 radical (unpaired) electrons. The smallest absolute Gasteiger partial charge is 0.311 e. The highest BCUT2D eigenvalue weighted by Gasteiger charge is 2.64. The fourth-order valence-corrected chi connectivity index (χ4v) is 5.85. The SMILES string of the molecule is CC(C)(C)C(=O)O[C@H]1C[C@H](O[Si](C)(C)C(C)(C)C)[C@@]2(C)CC3OC3C[C@H]12. The van der Waals surface area contributed by atoms with Crippen LogP contribution in [-0.4, -0.2) is 38.7 Å². The first-order chi connectivity index (χ1) is 11.6. The third kappa shape index (κ3) is 3.51. The summed E-state index contributed by atoms with van der Waals surface area (Å²) in [5.41, 5.74) is -0.432. The molecule has 1 heterocycles. The highest BCUT2D eigenvalue weighted by molar-refractivity contribution is 6.74. The van der Waals surface area contributed by atoms with E-state index in [9.17, 15) is 4.79 Å². The minimum atomic E-state index is -1.89. The first kappa shape index (κ1) is 20.3. The summed E-state index contributed by atoms with van der Waals surface area (Å²) in [7, 11) is -1.89. The molecule has 3 rings (SSSR count). The van der Waals surface area contributed by atoms with Crippen LogP contribution in [-0.2, 0) is 18.7 Å². The number of carbonyl (C=O) groups is 1. The number of hydrogen-bond acceptors (Lipinski definition) is 4. The number of ether oxygens (including phenoxy) is 2. The van der Waals surface area contributed by atoms with Crippen molar-refractivity contribution in [2.45, 2.75) is 110 Å². The van der Waals surface area contributed by atoms with Crippen LogP contribution in [0.2, 0.25) is 18.1 Å². The van der Waals surface area contributed by atoms with E-state index in [4.69, 9.17) is 13.9 Å². The standard InChI is InChI=1S/C21H38O4Si/c1-19(2,3)18(22)24-14-11-17(25-26(8,9)20(4,5)6)21(7)12-16-15(23-16)10-13(14)21/h13-17H,10-12H2,1-9H3/t13-,14+,15?,16?,17+,21+/m1/s1. The summed E-state index contributed by atoms with van der Waals surface area (Å²) in [4.78, 5) is 12.6. The van der Waals surface area contributed by atoms with E-state index in [1.165, 1.54) is 0 Å². The Kier molecular flexibility index (Phi) is 4.73. The molecule has 6 atom stereocenters. The zero-order valence-electron chi connectivity index (χ0n) is 18.1. The van der Waals surface area contributed by atoms with Crippen molar-refractivity contribution in [3.63, 3.8) is 0 Å².